The number of ether oxygens (including phenoxy) is 1. The average Bonchev–Trinajstić information content (AvgIpc) is 2.66. The third-order valence-electron chi connectivity index (χ3n) is 3.81. The first-order chi connectivity index (χ1) is 13.1. The maximum absolute atomic E-state index is 10.5. The minimum absolute atomic E-state index is 0.0970. The maximum atomic E-state index is 10.5. The maximum Gasteiger partial charge on any atom is 0.191 e. The molecule has 0 bridgehead atoms. The number of pyridine rings is 1. The second kappa shape index (κ2) is 11.2. The Morgan fingerprint density at radius 2 is 2.07 bits per heavy atom. The van der Waals surface area contributed by atoms with Crippen LogP contribution < -0.4 is 15.4 Å². The molecular weight excluding hydrogens is 340 g/mol. The molecule has 0 saturated carbocycles. The van der Waals surface area contributed by atoms with E-state index in [0.29, 0.717) is 5.96 Å². The van der Waals surface area contributed by atoms with Gasteiger partial charge in [0, 0.05) is 25.5 Å². The van der Waals surface area contributed by atoms with E-state index >= 15 is 0 Å². The Hall–Kier alpha value is -2.60. The quantitative estimate of drug-likeness (QED) is 0.467. The summed E-state index contributed by atoms with van der Waals surface area (Å²) in [4.78, 5) is 8.62. The fourth-order valence-corrected chi connectivity index (χ4v) is 2.56. The molecule has 6 nitrogen and oxygen atoms in total. The van der Waals surface area contributed by atoms with Gasteiger partial charge in [-0.2, -0.15) is 0 Å². The molecule has 1 unspecified atom stereocenters. The lowest BCUT2D eigenvalue weighted by Crippen LogP contribution is -2.38. The molecule has 1 atom stereocenters. The minimum atomic E-state index is -0.686. The molecule has 0 aliphatic rings. The van der Waals surface area contributed by atoms with Crippen molar-refractivity contribution in [2.45, 2.75) is 39.4 Å². The number of aliphatic imine (C=N–C) groups is 1. The van der Waals surface area contributed by atoms with Gasteiger partial charge in [-0.15, -0.1) is 0 Å². The summed E-state index contributed by atoms with van der Waals surface area (Å²) in [5.41, 5.74) is 1.96. The summed E-state index contributed by atoms with van der Waals surface area (Å²) in [6, 6.07) is 11.5. The van der Waals surface area contributed by atoms with Crippen molar-refractivity contribution in [3.05, 3.63) is 59.9 Å². The summed E-state index contributed by atoms with van der Waals surface area (Å²) < 4.78 is 5.69. The van der Waals surface area contributed by atoms with Crippen LogP contribution in [0.5, 0.6) is 5.75 Å². The smallest absolute Gasteiger partial charge is 0.191 e. The summed E-state index contributed by atoms with van der Waals surface area (Å²) >= 11 is 0. The zero-order valence-corrected chi connectivity index (χ0v) is 16.4. The van der Waals surface area contributed by atoms with E-state index in [1.54, 1.807) is 6.20 Å². The van der Waals surface area contributed by atoms with Crippen LogP contribution in [0.1, 0.15) is 38.0 Å². The van der Waals surface area contributed by atoms with Crippen LogP contribution in [0.2, 0.25) is 0 Å². The summed E-state index contributed by atoms with van der Waals surface area (Å²) in [5.74, 6) is 1.45. The highest BCUT2D eigenvalue weighted by Gasteiger charge is 2.09. The molecule has 0 aliphatic heterocycles. The molecular formula is C21H30N4O2. The van der Waals surface area contributed by atoms with Gasteiger partial charge in [0.15, 0.2) is 5.96 Å². The Kier molecular flexibility index (Phi) is 8.58. The topological polar surface area (TPSA) is 78.8 Å². The molecule has 0 spiro atoms. The Balaban J connectivity index is 1.90. The van der Waals surface area contributed by atoms with Gasteiger partial charge in [0.2, 0.25) is 0 Å². The van der Waals surface area contributed by atoms with Crippen molar-refractivity contribution in [1.82, 2.24) is 15.6 Å². The first-order valence-corrected chi connectivity index (χ1v) is 9.44. The first kappa shape index (κ1) is 20.7. The highest BCUT2D eigenvalue weighted by Crippen LogP contribution is 2.20. The Bertz CT molecular complexity index is 704. The van der Waals surface area contributed by atoms with Gasteiger partial charge in [0.1, 0.15) is 5.75 Å². The van der Waals surface area contributed by atoms with Gasteiger partial charge in [-0.25, -0.2) is 0 Å². The van der Waals surface area contributed by atoms with Crippen LogP contribution >= 0.6 is 0 Å². The monoisotopic (exact) mass is 370 g/mol. The molecule has 1 aromatic heterocycles. The van der Waals surface area contributed by atoms with Crippen molar-refractivity contribution in [3.8, 4) is 5.75 Å². The molecule has 0 saturated heterocycles. The normalized spacial score (nSPS) is 12.7. The van der Waals surface area contributed by atoms with E-state index in [0.717, 1.165) is 30.8 Å². The fraction of sp³-hybridized carbons (Fsp3) is 0.429. The van der Waals surface area contributed by atoms with Crippen LogP contribution in [-0.4, -0.2) is 41.8 Å². The van der Waals surface area contributed by atoms with E-state index in [1.807, 2.05) is 57.3 Å². The number of hydrogen-bond acceptors (Lipinski definition) is 4. The average molecular weight is 370 g/mol. The van der Waals surface area contributed by atoms with E-state index in [9.17, 15) is 5.11 Å². The lowest BCUT2D eigenvalue weighted by molar-refractivity contribution is 0.185. The number of hydrogen-bond donors (Lipinski definition) is 3. The molecule has 27 heavy (non-hydrogen) atoms. The second-order valence-electron chi connectivity index (χ2n) is 6.51. The third kappa shape index (κ3) is 7.66. The van der Waals surface area contributed by atoms with E-state index in [2.05, 4.69) is 26.7 Å². The lowest BCUT2D eigenvalue weighted by atomic mass is 10.1. The lowest BCUT2D eigenvalue weighted by Gasteiger charge is -2.15. The Labute approximate surface area is 161 Å². The Morgan fingerprint density at radius 1 is 1.22 bits per heavy atom. The minimum Gasteiger partial charge on any atom is -0.491 e. The van der Waals surface area contributed by atoms with Gasteiger partial charge in [0.25, 0.3) is 0 Å². The summed E-state index contributed by atoms with van der Waals surface area (Å²) in [7, 11) is 0. The van der Waals surface area contributed by atoms with Crippen molar-refractivity contribution in [3.63, 3.8) is 0 Å². The van der Waals surface area contributed by atoms with Crippen LogP contribution in [0, 0.1) is 0 Å². The molecule has 0 amide bonds. The molecule has 3 N–H and O–H groups in total. The molecule has 6 heteroatoms. The van der Waals surface area contributed by atoms with Crippen molar-refractivity contribution >= 4 is 5.96 Å². The molecule has 1 aromatic carbocycles. The summed E-state index contributed by atoms with van der Waals surface area (Å²) in [6.07, 6.45) is 3.90. The molecule has 2 rings (SSSR count). The molecule has 2 aromatic rings. The summed E-state index contributed by atoms with van der Waals surface area (Å²) in [6.45, 7) is 7.74. The van der Waals surface area contributed by atoms with Gasteiger partial charge < -0.3 is 20.5 Å². The number of aromatic nitrogens is 1. The van der Waals surface area contributed by atoms with Gasteiger partial charge in [0.05, 0.1) is 18.8 Å². The summed E-state index contributed by atoms with van der Waals surface area (Å²) in [5, 5.41) is 17.0. The number of aliphatic hydroxyl groups excluding tert-OH is 1. The predicted molar refractivity (Wildman–Crippen MR) is 109 cm³/mol. The number of guanidine groups is 1. The van der Waals surface area contributed by atoms with Gasteiger partial charge in [-0.1, -0.05) is 18.2 Å². The van der Waals surface area contributed by atoms with E-state index < -0.39 is 6.10 Å². The largest absolute Gasteiger partial charge is 0.491 e. The first-order valence-electron chi connectivity index (χ1n) is 9.44. The molecule has 0 aliphatic carbocycles. The second-order valence-corrected chi connectivity index (χ2v) is 6.51. The Morgan fingerprint density at radius 3 is 2.78 bits per heavy atom. The van der Waals surface area contributed by atoms with Crippen LogP contribution in [-0.2, 0) is 6.42 Å². The molecule has 0 radical (unpaired) electrons. The zero-order valence-electron chi connectivity index (χ0n) is 16.4. The fourth-order valence-electron chi connectivity index (χ4n) is 2.56. The van der Waals surface area contributed by atoms with Gasteiger partial charge in [-0.05, 0) is 56.5 Å². The van der Waals surface area contributed by atoms with Gasteiger partial charge >= 0.3 is 0 Å². The van der Waals surface area contributed by atoms with Crippen molar-refractivity contribution in [2.75, 3.05) is 19.6 Å². The van der Waals surface area contributed by atoms with Crippen molar-refractivity contribution < 1.29 is 9.84 Å². The van der Waals surface area contributed by atoms with Crippen LogP contribution in [0.4, 0.5) is 0 Å². The number of rotatable bonds is 9. The van der Waals surface area contributed by atoms with Crippen molar-refractivity contribution in [2.24, 2.45) is 4.99 Å². The number of benzene rings is 1. The zero-order chi connectivity index (χ0) is 19.5. The van der Waals surface area contributed by atoms with Crippen LogP contribution in [0.3, 0.4) is 0 Å². The SMILES string of the molecule is CCNC(=NCC(O)c1cccc(OC(C)C)c1)NCCc1cccnc1. The number of nitrogens with one attached hydrogen (secondary N) is 2. The third-order valence-corrected chi connectivity index (χ3v) is 3.81. The molecule has 146 valence electrons. The molecule has 0 fully saturated rings. The van der Waals surface area contributed by atoms with E-state index in [1.165, 1.54) is 5.56 Å². The van der Waals surface area contributed by atoms with Crippen molar-refractivity contribution in [1.29, 1.82) is 0 Å². The molecule has 1 heterocycles. The van der Waals surface area contributed by atoms with E-state index in [-0.39, 0.29) is 12.6 Å². The van der Waals surface area contributed by atoms with E-state index in [4.69, 9.17) is 4.74 Å². The van der Waals surface area contributed by atoms with Crippen LogP contribution in [0.25, 0.3) is 0 Å². The van der Waals surface area contributed by atoms with Crippen LogP contribution in [0.15, 0.2) is 53.8 Å². The standard InChI is InChI=1S/C21H30N4O2/c1-4-23-21(24-12-10-17-7-6-11-22-14-17)25-15-20(26)18-8-5-9-19(13-18)27-16(2)3/h5-9,11,13-14,16,20,26H,4,10,12,15H2,1-3H3,(H2,23,24,25). The predicted octanol–water partition coefficient (Wildman–Crippen LogP) is 2.70. The highest BCUT2D eigenvalue weighted by molar-refractivity contribution is 5.79. The van der Waals surface area contributed by atoms with Gasteiger partial charge in [-0.3, -0.25) is 9.98 Å². The number of aliphatic hydroxyl groups is 1. The number of nitrogens with zero attached hydrogens (tertiary/aromatic N) is 2. The highest BCUT2D eigenvalue weighted by atomic mass is 16.5.